The Kier molecular flexibility index (Phi) is 5.65. The SMILES string of the molecule is Cc1ccc(C(=O)N(Cc2cccs2)C2CC(=O)N(c3ccc(C#N)cc3)C2=O)cc1. The minimum atomic E-state index is -0.890. The maximum atomic E-state index is 13.4. The summed E-state index contributed by atoms with van der Waals surface area (Å²) in [5.41, 5.74) is 2.34. The normalized spacial score (nSPS) is 15.7. The third-order valence-corrected chi connectivity index (χ3v) is 6.08. The molecule has 1 unspecified atom stereocenters. The molecule has 1 atom stereocenters. The molecule has 6 nitrogen and oxygen atoms in total. The van der Waals surface area contributed by atoms with E-state index in [1.165, 1.54) is 16.2 Å². The Labute approximate surface area is 183 Å². The van der Waals surface area contributed by atoms with Gasteiger partial charge >= 0.3 is 0 Å². The van der Waals surface area contributed by atoms with E-state index in [2.05, 4.69) is 0 Å². The summed E-state index contributed by atoms with van der Waals surface area (Å²) in [4.78, 5) is 42.9. The smallest absolute Gasteiger partial charge is 0.257 e. The van der Waals surface area contributed by atoms with Gasteiger partial charge in [0.2, 0.25) is 5.91 Å². The molecule has 3 aromatic rings. The minimum Gasteiger partial charge on any atom is -0.321 e. The van der Waals surface area contributed by atoms with Crippen molar-refractivity contribution in [1.82, 2.24) is 4.90 Å². The van der Waals surface area contributed by atoms with Crippen molar-refractivity contribution < 1.29 is 14.4 Å². The first kappa shape index (κ1) is 20.5. The Hall–Kier alpha value is -3.76. The van der Waals surface area contributed by atoms with Gasteiger partial charge in [-0.05, 0) is 54.8 Å². The lowest BCUT2D eigenvalue weighted by atomic mass is 10.1. The van der Waals surface area contributed by atoms with Crippen molar-refractivity contribution in [2.75, 3.05) is 4.90 Å². The molecule has 1 aliphatic heterocycles. The fourth-order valence-electron chi connectivity index (χ4n) is 3.57. The predicted molar refractivity (Wildman–Crippen MR) is 117 cm³/mol. The number of benzene rings is 2. The second-order valence-corrected chi connectivity index (χ2v) is 8.36. The largest absolute Gasteiger partial charge is 0.321 e. The maximum absolute atomic E-state index is 13.4. The third kappa shape index (κ3) is 4.11. The molecule has 1 fully saturated rings. The number of carbonyl (C=O) groups excluding carboxylic acids is 3. The second kappa shape index (κ2) is 8.54. The molecule has 1 aromatic heterocycles. The van der Waals surface area contributed by atoms with Gasteiger partial charge in [-0.2, -0.15) is 5.26 Å². The van der Waals surface area contributed by atoms with Crippen molar-refractivity contribution in [3.05, 3.63) is 87.6 Å². The summed E-state index contributed by atoms with van der Waals surface area (Å²) in [7, 11) is 0. The molecule has 0 aliphatic carbocycles. The molecule has 0 saturated carbocycles. The van der Waals surface area contributed by atoms with Gasteiger partial charge in [-0.3, -0.25) is 14.4 Å². The van der Waals surface area contributed by atoms with Gasteiger partial charge in [0, 0.05) is 10.4 Å². The van der Waals surface area contributed by atoms with Gasteiger partial charge in [-0.1, -0.05) is 23.8 Å². The van der Waals surface area contributed by atoms with Crippen LogP contribution in [0.25, 0.3) is 0 Å². The number of aryl methyl sites for hydroxylation is 1. The molecule has 0 radical (unpaired) electrons. The zero-order valence-corrected chi connectivity index (χ0v) is 17.6. The summed E-state index contributed by atoms with van der Waals surface area (Å²) in [5.74, 6) is -1.10. The summed E-state index contributed by atoms with van der Waals surface area (Å²) in [6.45, 7) is 2.18. The summed E-state index contributed by atoms with van der Waals surface area (Å²) < 4.78 is 0. The molecule has 1 aliphatic rings. The monoisotopic (exact) mass is 429 g/mol. The van der Waals surface area contributed by atoms with Crippen LogP contribution >= 0.6 is 11.3 Å². The number of hydrogen-bond acceptors (Lipinski definition) is 5. The first-order valence-corrected chi connectivity index (χ1v) is 10.6. The van der Waals surface area contributed by atoms with Gasteiger partial charge in [0.1, 0.15) is 6.04 Å². The number of thiophene rings is 1. The van der Waals surface area contributed by atoms with Crippen LogP contribution in [-0.2, 0) is 16.1 Å². The van der Waals surface area contributed by atoms with Crippen LogP contribution in [-0.4, -0.2) is 28.7 Å². The average Bonchev–Trinajstić information content (AvgIpc) is 3.39. The van der Waals surface area contributed by atoms with E-state index in [9.17, 15) is 14.4 Å². The van der Waals surface area contributed by atoms with E-state index in [4.69, 9.17) is 5.26 Å². The topological polar surface area (TPSA) is 81.5 Å². The number of nitriles is 1. The van der Waals surface area contributed by atoms with E-state index in [1.54, 1.807) is 36.4 Å². The molecule has 0 spiro atoms. The Morgan fingerprint density at radius 1 is 1.13 bits per heavy atom. The molecule has 2 heterocycles. The van der Waals surface area contributed by atoms with E-state index >= 15 is 0 Å². The van der Waals surface area contributed by atoms with E-state index in [1.807, 2.05) is 42.6 Å². The lowest BCUT2D eigenvalue weighted by Crippen LogP contribution is -2.45. The van der Waals surface area contributed by atoms with Crippen molar-refractivity contribution in [3.63, 3.8) is 0 Å². The maximum Gasteiger partial charge on any atom is 0.257 e. The van der Waals surface area contributed by atoms with Crippen molar-refractivity contribution in [1.29, 1.82) is 5.26 Å². The van der Waals surface area contributed by atoms with Gasteiger partial charge < -0.3 is 4.90 Å². The molecule has 7 heteroatoms. The molecular weight excluding hydrogens is 410 g/mol. The Morgan fingerprint density at radius 2 is 1.84 bits per heavy atom. The molecule has 31 heavy (non-hydrogen) atoms. The Balaban J connectivity index is 1.66. The van der Waals surface area contributed by atoms with E-state index < -0.39 is 11.9 Å². The zero-order chi connectivity index (χ0) is 22.0. The number of anilines is 1. The molecule has 0 N–H and O–H groups in total. The molecule has 3 amide bonds. The number of imide groups is 1. The van der Waals surface area contributed by atoms with Crippen molar-refractivity contribution in [2.45, 2.75) is 25.9 Å². The average molecular weight is 430 g/mol. The third-order valence-electron chi connectivity index (χ3n) is 5.22. The number of amides is 3. The highest BCUT2D eigenvalue weighted by atomic mass is 32.1. The Morgan fingerprint density at radius 3 is 2.45 bits per heavy atom. The van der Waals surface area contributed by atoms with Crippen molar-refractivity contribution in [2.24, 2.45) is 0 Å². The predicted octanol–water partition coefficient (Wildman–Crippen LogP) is 3.90. The van der Waals surface area contributed by atoms with Crippen LogP contribution in [0.2, 0.25) is 0 Å². The van der Waals surface area contributed by atoms with Crippen LogP contribution < -0.4 is 4.90 Å². The Bertz CT molecular complexity index is 1160. The van der Waals surface area contributed by atoms with E-state index in [-0.39, 0.29) is 24.8 Å². The molecule has 2 aromatic carbocycles. The molecular formula is C24H19N3O3S. The summed E-state index contributed by atoms with van der Waals surface area (Å²) in [6, 6.07) is 18.3. The van der Waals surface area contributed by atoms with Gasteiger partial charge in [0.15, 0.2) is 0 Å². The highest BCUT2D eigenvalue weighted by Gasteiger charge is 2.44. The highest BCUT2D eigenvalue weighted by Crippen LogP contribution is 2.28. The number of carbonyl (C=O) groups is 3. The van der Waals surface area contributed by atoms with E-state index in [0.717, 1.165) is 15.3 Å². The van der Waals surface area contributed by atoms with Crippen LogP contribution in [0, 0.1) is 18.3 Å². The minimum absolute atomic E-state index is 0.0815. The fraction of sp³-hybridized carbons (Fsp3) is 0.167. The first-order valence-electron chi connectivity index (χ1n) is 9.75. The quantitative estimate of drug-likeness (QED) is 0.576. The van der Waals surface area contributed by atoms with Crippen LogP contribution in [0.5, 0.6) is 0 Å². The first-order chi connectivity index (χ1) is 15.0. The number of nitrogens with zero attached hydrogens (tertiary/aromatic N) is 3. The van der Waals surface area contributed by atoms with Gasteiger partial charge in [0.05, 0.1) is 30.3 Å². The lowest BCUT2D eigenvalue weighted by molar-refractivity contribution is -0.122. The number of rotatable bonds is 5. The van der Waals surface area contributed by atoms with Crippen molar-refractivity contribution >= 4 is 34.7 Å². The highest BCUT2D eigenvalue weighted by molar-refractivity contribution is 7.09. The van der Waals surface area contributed by atoms with Crippen LogP contribution in [0.3, 0.4) is 0 Å². The lowest BCUT2D eigenvalue weighted by Gasteiger charge is -2.27. The summed E-state index contributed by atoms with van der Waals surface area (Å²) in [6.07, 6.45) is -0.0815. The van der Waals surface area contributed by atoms with Gasteiger partial charge in [-0.25, -0.2) is 4.90 Å². The molecule has 4 rings (SSSR count). The van der Waals surface area contributed by atoms with Crippen molar-refractivity contribution in [3.8, 4) is 6.07 Å². The summed E-state index contributed by atoms with van der Waals surface area (Å²) >= 11 is 1.49. The number of hydrogen-bond donors (Lipinski definition) is 0. The molecule has 154 valence electrons. The summed E-state index contributed by atoms with van der Waals surface area (Å²) in [5, 5.41) is 10.9. The molecule has 1 saturated heterocycles. The van der Waals surface area contributed by atoms with Crippen LogP contribution in [0.1, 0.15) is 32.8 Å². The second-order valence-electron chi connectivity index (χ2n) is 7.32. The fourth-order valence-corrected chi connectivity index (χ4v) is 4.27. The van der Waals surface area contributed by atoms with Gasteiger partial charge in [0.25, 0.3) is 11.8 Å². The van der Waals surface area contributed by atoms with E-state index in [0.29, 0.717) is 16.8 Å². The zero-order valence-electron chi connectivity index (χ0n) is 16.8. The van der Waals surface area contributed by atoms with Gasteiger partial charge in [-0.15, -0.1) is 11.3 Å². The van der Waals surface area contributed by atoms with Crippen LogP contribution in [0.4, 0.5) is 5.69 Å². The standard InChI is InChI=1S/C24H19N3O3S/c1-16-4-8-18(9-5-16)23(29)26(15-20-3-2-12-31-20)21-13-22(28)27(24(21)30)19-10-6-17(14-25)7-11-19/h2-12,21H,13,15H2,1H3. The molecule has 0 bridgehead atoms. The van der Waals surface area contributed by atoms with Crippen LogP contribution in [0.15, 0.2) is 66.0 Å².